The van der Waals surface area contributed by atoms with E-state index in [-0.39, 0.29) is 29.7 Å². The number of hydrogen-bond donors (Lipinski definition) is 0. The SMILES string of the molecule is [2H]c1c([2H])c([2H])c(-c2ccc(-c3c4ccccc4c(-c4cc5c(cc4-c4ccccc4)oc4ccccc45)c4ccccc34)cc2)c([2H])c1[2H]. The Labute approximate surface area is 268 Å². The standard InChI is InChI=1S/C44H28O/c1-3-13-29(14-4-1)30-23-25-32(26-24-30)43-34-18-7-9-20-36(34)44(37-21-10-8-19-35(37)43)40-27-39-33-17-11-12-22-41(33)45-42(39)28-38(40)31-15-5-2-6-16-31/h1-28H/i1D,3D,4D,13D,14D. The quantitative estimate of drug-likeness (QED) is 0.190. The normalized spacial score (nSPS) is 13.1. The third-order valence-corrected chi connectivity index (χ3v) is 8.76. The lowest BCUT2D eigenvalue weighted by Gasteiger charge is -2.20. The first-order valence-electron chi connectivity index (χ1n) is 17.5. The molecule has 45 heavy (non-hydrogen) atoms. The zero-order valence-electron chi connectivity index (χ0n) is 29.2. The molecule has 0 atom stereocenters. The zero-order chi connectivity index (χ0) is 34.1. The molecule has 8 aromatic carbocycles. The van der Waals surface area contributed by atoms with Crippen molar-refractivity contribution in [3.05, 3.63) is 170 Å². The van der Waals surface area contributed by atoms with Gasteiger partial charge in [0.05, 0.1) is 6.85 Å². The van der Waals surface area contributed by atoms with Crippen LogP contribution in [-0.4, -0.2) is 0 Å². The predicted molar refractivity (Wildman–Crippen MR) is 190 cm³/mol. The summed E-state index contributed by atoms with van der Waals surface area (Å²) >= 11 is 0. The third kappa shape index (κ3) is 4.17. The van der Waals surface area contributed by atoms with E-state index in [0.29, 0.717) is 5.56 Å². The van der Waals surface area contributed by atoms with Crippen molar-refractivity contribution in [2.45, 2.75) is 0 Å². The van der Waals surface area contributed by atoms with Gasteiger partial charge in [-0.05, 0) is 84.3 Å². The van der Waals surface area contributed by atoms with Gasteiger partial charge in [-0.3, -0.25) is 0 Å². The molecule has 9 rings (SSSR count). The first-order chi connectivity index (χ1) is 24.4. The minimum Gasteiger partial charge on any atom is -0.456 e. The van der Waals surface area contributed by atoms with E-state index in [9.17, 15) is 0 Å². The van der Waals surface area contributed by atoms with Crippen molar-refractivity contribution in [2.24, 2.45) is 0 Å². The largest absolute Gasteiger partial charge is 0.456 e. The van der Waals surface area contributed by atoms with Crippen molar-refractivity contribution in [2.75, 3.05) is 0 Å². The summed E-state index contributed by atoms with van der Waals surface area (Å²) in [6.07, 6.45) is 0. The molecule has 1 aromatic heterocycles. The molecule has 0 saturated heterocycles. The number of benzene rings is 8. The highest BCUT2D eigenvalue weighted by Crippen LogP contribution is 2.48. The van der Waals surface area contributed by atoms with E-state index in [1.54, 1.807) is 0 Å². The minimum atomic E-state index is -0.395. The van der Waals surface area contributed by atoms with E-state index in [2.05, 4.69) is 91.0 Å². The number of fused-ring (bicyclic) bond motifs is 5. The lowest BCUT2D eigenvalue weighted by Crippen LogP contribution is -1.93. The maximum absolute atomic E-state index is 8.50. The summed E-state index contributed by atoms with van der Waals surface area (Å²) in [5.41, 5.74) is 8.96. The molecule has 1 nitrogen and oxygen atoms in total. The van der Waals surface area contributed by atoms with Crippen LogP contribution in [0.4, 0.5) is 0 Å². The van der Waals surface area contributed by atoms with Gasteiger partial charge in [-0.15, -0.1) is 0 Å². The van der Waals surface area contributed by atoms with Crippen LogP contribution in [0.25, 0.3) is 88.0 Å². The number of rotatable bonds is 4. The molecule has 0 N–H and O–H groups in total. The van der Waals surface area contributed by atoms with Crippen LogP contribution in [0.2, 0.25) is 0 Å². The van der Waals surface area contributed by atoms with Crippen molar-refractivity contribution >= 4 is 43.5 Å². The van der Waals surface area contributed by atoms with E-state index in [1.165, 1.54) is 0 Å². The van der Waals surface area contributed by atoms with Gasteiger partial charge in [0.2, 0.25) is 0 Å². The monoisotopic (exact) mass is 577 g/mol. The summed E-state index contributed by atoms with van der Waals surface area (Å²) in [4.78, 5) is 0. The Bertz CT molecular complexity index is 2720. The summed E-state index contributed by atoms with van der Waals surface area (Å²) in [5.74, 6) is 0. The van der Waals surface area contributed by atoms with Gasteiger partial charge < -0.3 is 4.42 Å². The Morgan fingerprint density at radius 3 is 1.58 bits per heavy atom. The van der Waals surface area contributed by atoms with Crippen LogP contribution in [0.15, 0.2) is 174 Å². The molecule has 0 saturated carbocycles. The van der Waals surface area contributed by atoms with Crippen LogP contribution in [0.5, 0.6) is 0 Å². The van der Waals surface area contributed by atoms with Gasteiger partial charge in [-0.1, -0.05) is 152 Å². The maximum Gasteiger partial charge on any atom is 0.136 e. The van der Waals surface area contributed by atoms with Crippen LogP contribution in [0.1, 0.15) is 6.85 Å². The molecule has 0 unspecified atom stereocenters. The second-order valence-corrected chi connectivity index (χ2v) is 11.3. The molecule has 0 fully saturated rings. The van der Waals surface area contributed by atoms with Crippen molar-refractivity contribution in [1.29, 1.82) is 0 Å². The third-order valence-electron chi connectivity index (χ3n) is 8.76. The predicted octanol–water partition coefficient (Wildman–Crippen LogP) is 12.6. The smallest absolute Gasteiger partial charge is 0.136 e. The van der Waals surface area contributed by atoms with Gasteiger partial charge in [0, 0.05) is 10.8 Å². The Morgan fingerprint density at radius 1 is 0.356 bits per heavy atom. The van der Waals surface area contributed by atoms with Crippen LogP contribution >= 0.6 is 0 Å². The fourth-order valence-corrected chi connectivity index (χ4v) is 6.76. The zero-order valence-corrected chi connectivity index (χ0v) is 24.2. The summed E-state index contributed by atoms with van der Waals surface area (Å²) < 4.78 is 47.7. The first-order valence-corrected chi connectivity index (χ1v) is 15.0. The molecule has 0 amide bonds. The summed E-state index contributed by atoms with van der Waals surface area (Å²) in [6, 6.07) is 46.3. The van der Waals surface area contributed by atoms with Gasteiger partial charge >= 0.3 is 0 Å². The molecule has 0 aliphatic carbocycles. The number of furan rings is 1. The summed E-state index contributed by atoms with van der Waals surface area (Å²) in [5, 5.41) is 6.55. The Balaban J connectivity index is 1.33. The lowest BCUT2D eigenvalue weighted by atomic mass is 9.83. The molecule has 1 heteroatoms. The van der Waals surface area contributed by atoms with Crippen molar-refractivity contribution < 1.29 is 11.3 Å². The summed E-state index contributed by atoms with van der Waals surface area (Å²) in [7, 11) is 0. The Kier molecular flexibility index (Phi) is 4.81. The van der Waals surface area contributed by atoms with Crippen molar-refractivity contribution in [1.82, 2.24) is 0 Å². The average molecular weight is 578 g/mol. The van der Waals surface area contributed by atoms with E-state index < -0.39 is 6.04 Å². The Hall–Kier alpha value is -5.92. The lowest BCUT2D eigenvalue weighted by molar-refractivity contribution is 0.669. The molecule has 0 aliphatic heterocycles. The minimum absolute atomic E-state index is 0.197. The van der Waals surface area contributed by atoms with Crippen LogP contribution in [0.3, 0.4) is 0 Å². The van der Waals surface area contributed by atoms with Gasteiger partial charge in [0.1, 0.15) is 11.2 Å². The van der Waals surface area contributed by atoms with Crippen molar-refractivity contribution in [3.63, 3.8) is 0 Å². The van der Waals surface area contributed by atoms with E-state index in [4.69, 9.17) is 11.3 Å². The molecule has 9 aromatic rings. The molecule has 0 radical (unpaired) electrons. The van der Waals surface area contributed by atoms with E-state index in [1.807, 2.05) is 48.5 Å². The highest BCUT2D eigenvalue weighted by atomic mass is 16.3. The topological polar surface area (TPSA) is 13.1 Å². The fourth-order valence-electron chi connectivity index (χ4n) is 6.76. The van der Waals surface area contributed by atoms with E-state index in [0.717, 1.165) is 76.9 Å². The molecule has 0 bridgehead atoms. The van der Waals surface area contributed by atoms with Gasteiger partial charge in [-0.2, -0.15) is 0 Å². The van der Waals surface area contributed by atoms with Gasteiger partial charge in [0.25, 0.3) is 0 Å². The molecule has 0 spiro atoms. The molecular formula is C44H28O. The maximum atomic E-state index is 8.50. The molecular weight excluding hydrogens is 544 g/mol. The second-order valence-electron chi connectivity index (χ2n) is 11.3. The number of hydrogen-bond acceptors (Lipinski definition) is 1. The number of para-hydroxylation sites is 1. The Morgan fingerprint density at radius 2 is 0.911 bits per heavy atom. The average Bonchev–Trinajstić information content (AvgIpc) is 3.53. The summed E-state index contributed by atoms with van der Waals surface area (Å²) in [6.45, 7) is 0. The molecule has 1 heterocycles. The highest BCUT2D eigenvalue weighted by Gasteiger charge is 2.21. The van der Waals surface area contributed by atoms with Crippen molar-refractivity contribution in [3.8, 4) is 44.5 Å². The molecule has 0 aliphatic rings. The van der Waals surface area contributed by atoms with Crippen LogP contribution in [0, 0.1) is 0 Å². The van der Waals surface area contributed by atoms with Gasteiger partial charge in [0.15, 0.2) is 0 Å². The second kappa shape index (κ2) is 10.4. The van der Waals surface area contributed by atoms with E-state index >= 15 is 0 Å². The van der Waals surface area contributed by atoms with Gasteiger partial charge in [-0.25, -0.2) is 0 Å². The van der Waals surface area contributed by atoms with Crippen LogP contribution < -0.4 is 0 Å². The highest BCUT2D eigenvalue weighted by molar-refractivity contribution is 6.23. The molecule has 210 valence electrons. The fraction of sp³-hybridized carbons (Fsp3) is 0. The van der Waals surface area contributed by atoms with Crippen LogP contribution in [-0.2, 0) is 0 Å². The first kappa shape index (κ1) is 20.9.